The summed E-state index contributed by atoms with van der Waals surface area (Å²) >= 11 is 0. The zero-order chi connectivity index (χ0) is 12.0. The van der Waals surface area contributed by atoms with E-state index in [1.807, 2.05) is 0 Å². The third-order valence-corrected chi connectivity index (χ3v) is 3.24. The first-order valence-electron chi connectivity index (χ1n) is 6.11. The highest BCUT2D eigenvalue weighted by Gasteiger charge is 2.12. The van der Waals surface area contributed by atoms with Crippen molar-refractivity contribution in [2.45, 2.75) is 32.6 Å². The number of aliphatic hydroxyl groups excluding tert-OH is 1. The molecular formula is C14H23NO. The summed E-state index contributed by atoms with van der Waals surface area (Å²) in [5.74, 6) is 0.687. The molecule has 3 N–H and O–H groups in total. The summed E-state index contributed by atoms with van der Waals surface area (Å²) in [5.41, 5.74) is 8.30. The van der Waals surface area contributed by atoms with Crippen LogP contribution in [0.4, 0.5) is 0 Å². The van der Waals surface area contributed by atoms with E-state index in [0.717, 1.165) is 12.8 Å². The quantitative estimate of drug-likeness (QED) is 0.774. The predicted molar refractivity (Wildman–Crippen MR) is 68.5 cm³/mol. The van der Waals surface area contributed by atoms with Crippen LogP contribution in [0.3, 0.4) is 0 Å². The molecule has 0 heterocycles. The number of hydrogen-bond acceptors (Lipinski definition) is 2. The summed E-state index contributed by atoms with van der Waals surface area (Å²) in [5, 5.41) is 9.12. The summed E-state index contributed by atoms with van der Waals surface area (Å²) in [6.07, 6.45) is 2.04. The van der Waals surface area contributed by atoms with Crippen LogP contribution < -0.4 is 5.73 Å². The van der Waals surface area contributed by atoms with Gasteiger partial charge in [0.15, 0.2) is 0 Å². The van der Waals surface area contributed by atoms with E-state index in [0.29, 0.717) is 12.5 Å². The van der Waals surface area contributed by atoms with E-state index in [1.165, 1.54) is 11.1 Å². The number of nitrogens with two attached hydrogens (primary N) is 1. The van der Waals surface area contributed by atoms with Crippen LogP contribution in [0.2, 0.25) is 0 Å². The first-order chi connectivity index (χ1) is 7.71. The van der Waals surface area contributed by atoms with Gasteiger partial charge in [0.1, 0.15) is 0 Å². The zero-order valence-electron chi connectivity index (χ0n) is 10.3. The zero-order valence-corrected chi connectivity index (χ0v) is 10.3. The SMILES string of the molecule is CCc1ccc(C(C)CC(CN)CO)cc1. The lowest BCUT2D eigenvalue weighted by molar-refractivity contribution is 0.217. The van der Waals surface area contributed by atoms with Crippen LogP contribution in [0.1, 0.15) is 37.3 Å². The molecule has 2 heteroatoms. The molecule has 0 saturated heterocycles. The Morgan fingerprint density at radius 1 is 1.25 bits per heavy atom. The van der Waals surface area contributed by atoms with E-state index in [9.17, 15) is 0 Å². The number of hydrogen-bond donors (Lipinski definition) is 2. The lowest BCUT2D eigenvalue weighted by atomic mass is 9.90. The molecule has 0 bridgehead atoms. The molecule has 0 amide bonds. The van der Waals surface area contributed by atoms with Crippen LogP contribution in [-0.2, 0) is 6.42 Å². The van der Waals surface area contributed by atoms with Crippen LogP contribution in [-0.4, -0.2) is 18.3 Å². The number of rotatable bonds is 6. The van der Waals surface area contributed by atoms with Crippen molar-refractivity contribution in [3.8, 4) is 0 Å². The van der Waals surface area contributed by atoms with Gasteiger partial charge in [-0.1, -0.05) is 38.1 Å². The van der Waals surface area contributed by atoms with Crippen LogP contribution in [0, 0.1) is 5.92 Å². The Kier molecular flexibility index (Phi) is 5.50. The highest BCUT2D eigenvalue weighted by molar-refractivity contribution is 5.25. The lowest BCUT2D eigenvalue weighted by Gasteiger charge is -2.18. The van der Waals surface area contributed by atoms with Gasteiger partial charge in [-0.2, -0.15) is 0 Å². The Morgan fingerprint density at radius 3 is 2.31 bits per heavy atom. The lowest BCUT2D eigenvalue weighted by Crippen LogP contribution is -2.20. The number of aliphatic hydroxyl groups is 1. The standard InChI is InChI=1S/C14H23NO/c1-3-12-4-6-14(7-5-12)11(2)8-13(9-15)10-16/h4-7,11,13,16H,3,8-10,15H2,1-2H3. The van der Waals surface area contributed by atoms with Crippen molar-refractivity contribution in [1.29, 1.82) is 0 Å². The molecule has 1 rings (SSSR count). The van der Waals surface area contributed by atoms with Gasteiger partial charge in [0.2, 0.25) is 0 Å². The fourth-order valence-electron chi connectivity index (χ4n) is 1.96. The summed E-state index contributed by atoms with van der Waals surface area (Å²) in [7, 11) is 0. The largest absolute Gasteiger partial charge is 0.396 e. The topological polar surface area (TPSA) is 46.2 Å². The van der Waals surface area contributed by atoms with Gasteiger partial charge in [-0.15, -0.1) is 0 Å². The average molecular weight is 221 g/mol. The maximum absolute atomic E-state index is 9.12. The van der Waals surface area contributed by atoms with Gasteiger partial charge in [-0.25, -0.2) is 0 Å². The summed E-state index contributed by atoms with van der Waals surface area (Å²) in [4.78, 5) is 0. The minimum atomic E-state index is 0.188. The molecule has 2 nitrogen and oxygen atoms in total. The van der Waals surface area contributed by atoms with Gasteiger partial charge in [-0.05, 0) is 42.3 Å². The average Bonchev–Trinajstić information content (AvgIpc) is 2.35. The molecule has 0 fully saturated rings. The van der Waals surface area contributed by atoms with Gasteiger partial charge >= 0.3 is 0 Å². The molecule has 0 radical (unpaired) electrons. The molecule has 0 aliphatic carbocycles. The fraction of sp³-hybridized carbons (Fsp3) is 0.571. The Morgan fingerprint density at radius 2 is 1.88 bits per heavy atom. The minimum Gasteiger partial charge on any atom is -0.396 e. The second-order valence-corrected chi connectivity index (χ2v) is 4.52. The fourth-order valence-corrected chi connectivity index (χ4v) is 1.96. The Bertz CT molecular complexity index is 290. The highest BCUT2D eigenvalue weighted by atomic mass is 16.3. The molecule has 1 aromatic rings. The van der Waals surface area contributed by atoms with Gasteiger partial charge < -0.3 is 10.8 Å². The van der Waals surface area contributed by atoms with Crippen molar-refractivity contribution < 1.29 is 5.11 Å². The van der Waals surface area contributed by atoms with E-state index in [4.69, 9.17) is 10.8 Å². The van der Waals surface area contributed by atoms with E-state index in [2.05, 4.69) is 38.1 Å². The molecule has 0 aliphatic heterocycles. The van der Waals surface area contributed by atoms with Crippen LogP contribution in [0.15, 0.2) is 24.3 Å². The molecule has 90 valence electrons. The molecule has 0 spiro atoms. The van der Waals surface area contributed by atoms with Gasteiger partial charge in [0.05, 0.1) is 0 Å². The predicted octanol–water partition coefficient (Wildman–Crippen LogP) is 2.31. The van der Waals surface area contributed by atoms with Crippen molar-refractivity contribution in [2.24, 2.45) is 11.7 Å². The van der Waals surface area contributed by atoms with E-state index in [1.54, 1.807) is 0 Å². The number of aryl methyl sites for hydroxylation is 1. The van der Waals surface area contributed by atoms with Crippen molar-refractivity contribution in [3.63, 3.8) is 0 Å². The monoisotopic (exact) mass is 221 g/mol. The summed E-state index contributed by atoms with van der Waals surface area (Å²) in [6.45, 7) is 5.11. The van der Waals surface area contributed by atoms with Crippen LogP contribution in [0.5, 0.6) is 0 Å². The molecular weight excluding hydrogens is 198 g/mol. The third kappa shape index (κ3) is 3.62. The number of benzene rings is 1. The molecule has 1 aromatic carbocycles. The molecule has 2 atom stereocenters. The van der Waals surface area contributed by atoms with Gasteiger partial charge in [0, 0.05) is 6.61 Å². The van der Waals surface area contributed by atoms with Crippen molar-refractivity contribution in [1.82, 2.24) is 0 Å². The molecule has 16 heavy (non-hydrogen) atoms. The Balaban J connectivity index is 2.61. The van der Waals surface area contributed by atoms with Gasteiger partial charge in [0.25, 0.3) is 0 Å². The van der Waals surface area contributed by atoms with Crippen molar-refractivity contribution in [3.05, 3.63) is 35.4 Å². The maximum atomic E-state index is 9.12. The van der Waals surface area contributed by atoms with Gasteiger partial charge in [-0.3, -0.25) is 0 Å². The summed E-state index contributed by atoms with van der Waals surface area (Å²) < 4.78 is 0. The Labute approximate surface area is 98.5 Å². The normalized spacial score (nSPS) is 14.8. The second kappa shape index (κ2) is 6.66. The minimum absolute atomic E-state index is 0.188. The second-order valence-electron chi connectivity index (χ2n) is 4.52. The Hall–Kier alpha value is -0.860. The molecule has 0 saturated carbocycles. The molecule has 2 unspecified atom stereocenters. The molecule has 0 aliphatic rings. The smallest absolute Gasteiger partial charge is 0.0471 e. The van der Waals surface area contributed by atoms with E-state index in [-0.39, 0.29) is 12.5 Å². The first-order valence-corrected chi connectivity index (χ1v) is 6.11. The highest BCUT2D eigenvalue weighted by Crippen LogP contribution is 2.23. The van der Waals surface area contributed by atoms with Crippen molar-refractivity contribution in [2.75, 3.05) is 13.2 Å². The maximum Gasteiger partial charge on any atom is 0.0471 e. The van der Waals surface area contributed by atoms with Crippen molar-refractivity contribution >= 4 is 0 Å². The first kappa shape index (κ1) is 13.2. The molecule has 0 aromatic heterocycles. The van der Waals surface area contributed by atoms with Crippen LogP contribution >= 0.6 is 0 Å². The third-order valence-electron chi connectivity index (χ3n) is 3.24. The van der Waals surface area contributed by atoms with E-state index >= 15 is 0 Å². The van der Waals surface area contributed by atoms with Crippen LogP contribution in [0.25, 0.3) is 0 Å². The summed E-state index contributed by atoms with van der Waals surface area (Å²) in [6, 6.07) is 8.74. The van der Waals surface area contributed by atoms with E-state index < -0.39 is 0 Å².